The second-order valence-electron chi connectivity index (χ2n) is 9.75. The van der Waals surface area contributed by atoms with Crippen molar-refractivity contribution in [1.82, 2.24) is 0 Å². The van der Waals surface area contributed by atoms with Gasteiger partial charge >= 0.3 is 29.6 Å². The number of allylic oxidation sites excluding steroid dienone is 4. The van der Waals surface area contributed by atoms with Crippen LogP contribution in [0, 0.1) is 28.6 Å². The Hall–Kier alpha value is -0.0100. The van der Waals surface area contributed by atoms with Crippen molar-refractivity contribution < 1.29 is 55.9 Å². The third-order valence-electron chi connectivity index (χ3n) is 8.79. The predicted molar refractivity (Wildman–Crippen MR) is 106 cm³/mol. The number of carbonyl (C=O) groups excluding carboxylic acids is 2. The van der Waals surface area contributed by atoms with Crippen molar-refractivity contribution in [2.75, 3.05) is 6.61 Å². The summed E-state index contributed by atoms with van der Waals surface area (Å²) in [5.74, 6) is -1.15. The molecule has 4 aliphatic rings. The summed E-state index contributed by atoms with van der Waals surface area (Å²) in [6.45, 7) is 4.97. The Labute approximate surface area is 200 Å². The van der Waals surface area contributed by atoms with E-state index in [2.05, 4.69) is 0 Å². The molecule has 0 bridgehead atoms. The number of Topliss-reactive ketones (excluding diaryl/α,β-unsaturated/α-hetero) is 1. The molecule has 8 atom stereocenters. The molecule has 4 aliphatic carbocycles. The number of halogens is 1. The van der Waals surface area contributed by atoms with E-state index in [1.807, 2.05) is 26.8 Å². The second-order valence-corrected chi connectivity index (χ2v) is 10.4. The van der Waals surface area contributed by atoms with Crippen LogP contribution in [0.4, 0.5) is 0 Å². The maximum absolute atomic E-state index is 12.6. The van der Waals surface area contributed by atoms with E-state index in [4.69, 9.17) is 11.6 Å². The average molecular weight is 433 g/mol. The maximum Gasteiger partial charge on any atom is 1.00 e. The van der Waals surface area contributed by atoms with Crippen LogP contribution < -0.4 is 29.6 Å². The van der Waals surface area contributed by atoms with Gasteiger partial charge in [-0.05, 0) is 55.6 Å². The molecule has 7 heteroatoms. The fourth-order valence-corrected chi connectivity index (χ4v) is 7.78. The van der Waals surface area contributed by atoms with Gasteiger partial charge in [0.05, 0.1) is 11.0 Å². The van der Waals surface area contributed by atoms with Crippen molar-refractivity contribution in [2.45, 2.75) is 63.0 Å². The molecule has 0 aromatic carbocycles. The first-order chi connectivity index (χ1) is 13.0. The van der Waals surface area contributed by atoms with E-state index < -0.39 is 39.8 Å². The number of aliphatic hydroxyl groups excluding tert-OH is 2. The van der Waals surface area contributed by atoms with E-state index in [-0.39, 0.29) is 60.9 Å². The van der Waals surface area contributed by atoms with Crippen molar-refractivity contribution in [3.8, 4) is 0 Å². The van der Waals surface area contributed by atoms with Crippen molar-refractivity contribution in [3.63, 3.8) is 0 Å². The summed E-state index contributed by atoms with van der Waals surface area (Å²) in [4.78, 5) is 23.5. The van der Waals surface area contributed by atoms with Crippen LogP contribution in [0.3, 0.4) is 0 Å². The molecule has 3 N–H and O–H groups in total. The molecule has 5 nitrogen and oxygen atoms in total. The van der Waals surface area contributed by atoms with Gasteiger partial charge in [-0.25, -0.2) is 0 Å². The average Bonchev–Trinajstić information content (AvgIpc) is 2.84. The zero-order chi connectivity index (χ0) is 20.7. The first-order valence-electron chi connectivity index (χ1n) is 10.1. The molecule has 0 saturated heterocycles. The molecule has 0 amide bonds. The van der Waals surface area contributed by atoms with Crippen LogP contribution >= 0.6 is 11.6 Å². The Kier molecular flexibility index (Phi) is 5.92. The molecule has 3 fully saturated rings. The standard InChI is InChI=1S/C22H29ClO5.Na.H/c1-12-8-16-15-5-4-13-9-14(25)6-7-19(13,2)21(15,23)17(26)10-20(16,3)22(12,28)18(27)11-24;;/h6-7,9,12,15-17,24,26,28H,4-5,8,10-11H2,1-3H3;;/q;+1;-1/t12-,15-,16-,17-,19-,20-,21-,22-;;/m0../s1. The van der Waals surface area contributed by atoms with Crippen molar-refractivity contribution in [3.05, 3.63) is 23.8 Å². The Morgan fingerprint density at radius 2 is 2.00 bits per heavy atom. The van der Waals surface area contributed by atoms with Gasteiger partial charge in [-0.3, -0.25) is 9.59 Å². The summed E-state index contributed by atoms with van der Waals surface area (Å²) in [5, 5.41) is 32.3. The van der Waals surface area contributed by atoms with Crippen LogP contribution in [-0.2, 0) is 9.59 Å². The van der Waals surface area contributed by atoms with Gasteiger partial charge in [0.15, 0.2) is 11.6 Å². The fraction of sp³-hybridized carbons (Fsp3) is 0.727. The SMILES string of the molecule is C[C@H]1C[C@H]2[C@@H]3CCC4=CC(=O)C=C[C@]4(C)[C@@]3(Cl)[C@@H](O)C[C@]2(C)[C@@]1(O)C(=O)CO.[H-].[Na+]. The van der Waals surface area contributed by atoms with E-state index in [1.54, 1.807) is 6.08 Å². The smallest absolute Gasteiger partial charge is 1.00 e. The van der Waals surface area contributed by atoms with Gasteiger partial charge in [0.1, 0.15) is 12.2 Å². The Bertz CT molecular complexity index is 817. The summed E-state index contributed by atoms with van der Waals surface area (Å²) in [5.41, 5.74) is -2.25. The number of hydrogen-bond donors (Lipinski definition) is 3. The number of fused-ring (bicyclic) bond motifs is 5. The van der Waals surface area contributed by atoms with Crippen LogP contribution in [0.1, 0.15) is 47.9 Å². The van der Waals surface area contributed by atoms with Crippen molar-refractivity contribution in [2.24, 2.45) is 28.6 Å². The minimum atomic E-state index is -1.68. The summed E-state index contributed by atoms with van der Waals surface area (Å²) in [7, 11) is 0. The molecule has 0 spiro atoms. The third-order valence-corrected chi connectivity index (χ3v) is 9.72. The first kappa shape index (κ1) is 23.6. The van der Waals surface area contributed by atoms with E-state index in [0.717, 1.165) is 5.57 Å². The molecule has 0 heterocycles. The van der Waals surface area contributed by atoms with Crippen molar-refractivity contribution in [1.29, 1.82) is 0 Å². The zero-order valence-electron chi connectivity index (χ0n) is 18.6. The van der Waals surface area contributed by atoms with Crippen LogP contribution in [0.2, 0.25) is 0 Å². The molecule has 0 aliphatic heterocycles. The normalized spacial score (nSPS) is 50.7. The maximum atomic E-state index is 12.6. The number of rotatable bonds is 2. The molecule has 0 aromatic rings. The quantitative estimate of drug-likeness (QED) is 0.395. The van der Waals surface area contributed by atoms with Gasteiger partial charge in [-0.1, -0.05) is 32.4 Å². The minimum absolute atomic E-state index is 0. The molecule has 3 saturated carbocycles. The molecule has 0 aromatic heterocycles. The Morgan fingerprint density at radius 1 is 1.34 bits per heavy atom. The van der Waals surface area contributed by atoms with Gasteiger partial charge in [0.2, 0.25) is 0 Å². The number of aliphatic hydroxyl groups is 3. The van der Waals surface area contributed by atoms with Crippen LogP contribution in [0.5, 0.6) is 0 Å². The first-order valence-corrected chi connectivity index (χ1v) is 10.5. The summed E-state index contributed by atoms with van der Waals surface area (Å²) >= 11 is 7.30. The molecular weight excluding hydrogens is 403 g/mol. The number of carbonyl (C=O) groups is 2. The number of hydrogen-bond acceptors (Lipinski definition) is 5. The summed E-state index contributed by atoms with van der Waals surface area (Å²) < 4.78 is 0. The van der Waals surface area contributed by atoms with E-state index in [0.29, 0.717) is 19.3 Å². The molecule has 0 radical (unpaired) electrons. The second kappa shape index (κ2) is 7.26. The van der Waals surface area contributed by atoms with Crippen LogP contribution in [-0.4, -0.2) is 50.1 Å². The molecule has 4 rings (SSSR count). The van der Waals surface area contributed by atoms with Gasteiger partial charge in [0.25, 0.3) is 0 Å². The molecule has 0 unspecified atom stereocenters. The monoisotopic (exact) mass is 432 g/mol. The minimum Gasteiger partial charge on any atom is -1.00 e. The topological polar surface area (TPSA) is 94.8 Å². The third kappa shape index (κ3) is 2.68. The summed E-state index contributed by atoms with van der Waals surface area (Å²) in [6, 6.07) is 0. The Balaban J connectivity index is 0.00000160. The molecule has 29 heavy (non-hydrogen) atoms. The number of alkyl halides is 1. The molecule has 156 valence electrons. The van der Waals surface area contributed by atoms with E-state index in [1.165, 1.54) is 6.08 Å². The van der Waals surface area contributed by atoms with E-state index in [9.17, 15) is 24.9 Å². The molecular formula is C22H30ClNaO5. The fourth-order valence-electron chi connectivity index (χ4n) is 7.26. The van der Waals surface area contributed by atoms with Crippen LogP contribution in [0.25, 0.3) is 0 Å². The van der Waals surface area contributed by atoms with Crippen LogP contribution in [0.15, 0.2) is 23.8 Å². The Morgan fingerprint density at radius 3 is 2.62 bits per heavy atom. The largest absolute Gasteiger partial charge is 1.00 e. The van der Waals surface area contributed by atoms with Crippen molar-refractivity contribution >= 4 is 23.2 Å². The number of ketones is 2. The van der Waals surface area contributed by atoms with Gasteiger partial charge < -0.3 is 16.7 Å². The zero-order valence-corrected chi connectivity index (χ0v) is 20.4. The van der Waals surface area contributed by atoms with Gasteiger partial charge in [-0.2, -0.15) is 0 Å². The van der Waals surface area contributed by atoms with E-state index >= 15 is 0 Å². The van der Waals surface area contributed by atoms with Gasteiger partial charge in [-0.15, -0.1) is 11.6 Å². The predicted octanol–water partition coefficient (Wildman–Crippen LogP) is -0.718. The summed E-state index contributed by atoms with van der Waals surface area (Å²) in [6.07, 6.45) is 6.22. The van der Waals surface area contributed by atoms with Gasteiger partial charge in [0, 0.05) is 10.8 Å².